The van der Waals surface area contributed by atoms with E-state index in [1.165, 1.54) is 6.07 Å². The highest BCUT2D eigenvalue weighted by molar-refractivity contribution is 14.1. The van der Waals surface area contributed by atoms with Crippen LogP contribution >= 0.6 is 61.7 Å². The Hall–Kier alpha value is -1.23. The lowest BCUT2D eigenvalue weighted by molar-refractivity contribution is -0.123. The number of rotatable bonds is 5. The first-order chi connectivity index (χ1) is 12.3. The summed E-state index contributed by atoms with van der Waals surface area (Å²) in [5.41, 5.74) is 4.95. The van der Waals surface area contributed by atoms with E-state index >= 15 is 0 Å². The van der Waals surface area contributed by atoms with Crippen LogP contribution < -0.4 is 20.3 Å². The van der Waals surface area contributed by atoms with E-state index in [9.17, 15) is 9.59 Å². The predicted octanol–water partition coefficient (Wildman–Crippen LogP) is 4.21. The van der Waals surface area contributed by atoms with Crippen molar-refractivity contribution in [2.45, 2.75) is 0 Å². The number of hydrogen-bond acceptors (Lipinski definition) is 4. The third-order valence-corrected chi connectivity index (χ3v) is 4.97. The summed E-state index contributed by atoms with van der Waals surface area (Å²) in [6, 6.07) is 7.98. The van der Waals surface area contributed by atoms with Crippen molar-refractivity contribution in [2.24, 2.45) is 0 Å². The molecule has 0 atom stereocenters. The number of benzene rings is 2. The molecule has 0 radical (unpaired) electrons. The van der Waals surface area contributed by atoms with Crippen LogP contribution in [0.5, 0.6) is 11.5 Å². The Kier molecular flexibility index (Phi) is 7.81. The van der Waals surface area contributed by atoms with Crippen molar-refractivity contribution in [2.75, 3.05) is 13.7 Å². The molecule has 0 heterocycles. The Morgan fingerprint density at radius 2 is 1.92 bits per heavy atom. The molecule has 6 nitrogen and oxygen atoms in total. The zero-order valence-corrected chi connectivity index (χ0v) is 18.5. The maximum atomic E-state index is 12.1. The van der Waals surface area contributed by atoms with Crippen molar-refractivity contribution < 1.29 is 19.1 Å². The highest BCUT2D eigenvalue weighted by Crippen LogP contribution is 2.35. The van der Waals surface area contributed by atoms with Gasteiger partial charge < -0.3 is 9.47 Å². The summed E-state index contributed by atoms with van der Waals surface area (Å²) in [6.07, 6.45) is 0. The number of hydrazine groups is 1. The average molecular weight is 574 g/mol. The molecule has 0 aliphatic carbocycles. The molecule has 0 aromatic heterocycles. The second-order valence-corrected chi connectivity index (χ2v) is 7.70. The summed E-state index contributed by atoms with van der Waals surface area (Å²) in [5.74, 6) is -0.0867. The Labute approximate surface area is 181 Å². The predicted molar refractivity (Wildman–Crippen MR) is 111 cm³/mol. The molecular formula is C16H12BrCl2IN2O4. The van der Waals surface area contributed by atoms with Gasteiger partial charge in [0.15, 0.2) is 12.4 Å². The lowest BCUT2D eigenvalue weighted by Gasteiger charge is -2.12. The number of halogens is 4. The highest BCUT2D eigenvalue weighted by Gasteiger charge is 2.13. The van der Waals surface area contributed by atoms with Crippen LogP contribution in [0.25, 0.3) is 0 Å². The zero-order chi connectivity index (χ0) is 19.3. The van der Waals surface area contributed by atoms with Gasteiger partial charge in [0.2, 0.25) is 0 Å². The third kappa shape index (κ3) is 5.63. The third-order valence-electron chi connectivity index (χ3n) is 3.04. The molecule has 0 saturated carbocycles. The Balaban J connectivity index is 1.89. The summed E-state index contributed by atoms with van der Waals surface area (Å²) in [6.45, 7) is -0.347. The summed E-state index contributed by atoms with van der Waals surface area (Å²) in [4.78, 5) is 23.9. The van der Waals surface area contributed by atoms with Crippen LogP contribution in [0.4, 0.5) is 0 Å². The fourth-order valence-corrected chi connectivity index (χ4v) is 3.95. The second-order valence-electron chi connectivity index (χ2n) is 4.84. The maximum absolute atomic E-state index is 12.1. The lowest BCUT2D eigenvalue weighted by atomic mass is 10.2. The molecule has 0 fully saturated rings. The van der Waals surface area contributed by atoms with E-state index in [1.54, 1.807) is 31.4 Å². The van der Waals surface area contributed by atoms with Crippen LogP contribution in [0, 0.1) is 3.57 Å². The molecule has 26 heavy (non-hydrogen) atoms. The quantitative estimate of drug-likeness (QED) is 0.415. The Bertz CT molecular complexity index is 828. The number of nitrogens with one attached hydrogen (secondary N) is 2. The van der Waals surface area contributed by atoms with Crippen LogP contribution in [0.15, 0.2) is 34.8 Å². The van der Waals surface area contributed by atoms with Crippen molar-refractivity contribution in [1.29, 1.82) is 0 Å². The maximum Gasteiger partial charge on any atom is 0.276 e. The van der Waals surface area contributed by atoms with Gasteiger partial charge in [-0.2, -0.15) is 0 Å². The van der Waals surface area contributed by atoms with Gasteiger partial charge in [0.05, 0.1) is 20.2 Å². The number of ether oxygens (including phenoxy) is 2. The fraction of sp³-hybridized carbons (Fsp3) is 0.125. The molecule has 138 valence electrons. The topological polar surface area (TPSA) is 76.7 Å². The van der Waals surface area contributed by atoms with Gasteiger partial charge in [0.1, 0.15) is 5.75 Å². The first-order valence-electron chi connectivity index (χ1n) is 7.02. The summed E-state index contributed by atoms with van der Waals surface area (Å²) >= 11 is 17.2. The summed E-state index contributed by atoms with van der Waals surface area (Å²) < 4.78 is 11.8. The van der Waals surface area contributed by atoms with E-state index < -0.39 is 11.8 Å². The highest BCUT2D eigenvalue weighted by atomic mass is 127. The molecule has 0 unspecified atom stereocenters. The van der Waals surface area contributed by atoms with Gasteiger partial charge in [-0.15, -0.1) is 0 Å². The van der Waals surface area contributed by atoms with Crippen LogP contribution in [0.3, 0.4) is 0 Å². The van der Waals surface area contributed by atoms with Crippen LogP contribution in [0.2, 0.25) is 10.0 Å². The molecule has 2 amide bonds. The zero-order valence-electron chi connectivity index (χ0n) is 13.2. The van der Waals surface area contributed by atoms with Crippen molar-refractivity contribution in [3.05, 3.63) is 54.0 Å². The van der Waals surface area contributed by atoms with Crippen LogP contribution in [-0.4, -0.2) is 25.5 Å². The molecule has 2 N–H and O–H groups in total. The number of carbonyl (C=O) groups is 2. The van der Waals surface area contributed by atoms with Gasteiger partial charge in [-0.3, -0.25) is 20.4 Å². The van der Waals surface area contributed by atoms with Gasteiger partial charge in [-0.25, -0.2) is 0 Å². The van der Waals surface area contributed by atoms with Crippen LogP contribution in [-0.2, 0) is 4.79 Å². The van der Waals surface area contributed by atoms with Gasteiger partial charge in [0.25, 0.3) is 11.8 Å². The monoisotopic (exact) mass is 572 g/mol. The Morgan fingerprint density at radius 3 is 2.54 bits per heavy atom. The molecule has 0 saturated heterocycles. The minimum atomic E-state index is -0.556. The summed E-state index contributed by atoms with van der Waals surface area (Å²) in [5, 5.41) is 0.689. The van der Waals surface area contributed by atoms with Crippen LogP contribution in [0.1, 0.15) is 10.4 Å². The second kappa shape index (κ2) is 9.63. The van der Waals surface area contributed by atoms with E-state index in [0.717, 1.165) is 3.57 Å². The van der Waals surface area contributed by atoms with E-state index in [-0.39, 0.29) is 17.4 Å². The van der Waals surface area contributed by atoms with Gasteiger partial charge in [-0.1, -0.05) is 23.2 Å². The van der Waals surface area contributed by atoms with Crippen molar-refractivity contribution in [3.8, 4) is 11.5 Å². The Morgan fingerprint density at radius 1 is 1.19 bits per heavy atom. The smallest absolute Gasteiger partial charge is 0.276 e. The molecule has 0 spiro atoms. The van der Waals surface area contributed by atoms with E-state index in [0.29, 0.717) is 20.8 Å². The van der Waals surface area contributed by atoms with Crippen molar-refractivity contribution >= 4 is 73.5 Å². The summed E-state index contributed by atoms with van der Waals surface area (Å²) in [7, 11) is 1.54. The van der Waals surface area contributed by atoms with Gasteiger partial charge >= 0.3 is 0 Å². The fourth-order valence-electron chi connectivity index (χ4n) is 1.85. The molecule has 2 aromatic carbocycles. The molecule has 0 bridgehead atoms. The normalized spacial score (nSPS) is 10.2. The first-order valence-corrected chi connectivity index (χ1v) is 9.64. The standard InChI is InChI=1S/C16H12BrCl2IN2O4/c1-25-13-3-2-8(4-12(13)20)16(24)22-21-14(23)7-26-15-10(17)5-9(18)6-11(15)19/h2-6H,7H2,1H3,(H,21,23)(H,22,24). The van der Waals surface area contributed by atoms with Gasteiger partial charge in [0, 0.05) is 10.6 Å². The number of hydrogen-bond donors (Lipinski definition) is 2. The number of carbonyl (C=O) groups excluding carboxylic acids is 2. The molecule has 0 aliphatic rings. The van der Waals surface area contributed by atoms with Crippen molar-refractivity contribution in [1.82, 2.24) is 10.9 Å². The minimum absolute atomic E-state index is 0.258. The largest absolute Gasteiger partial charge is 0.496 e. The van der Waals surface area contributed by atoms with E-state index in [2.05, 4.69) is 49.4 Å². The van der Waals surface area contributed by atoms with E-state index in [1.807, 2.05) is 0 Å². The van der Waals surface area contributed by atoms with Gasteiger partial charge in [-0.05, 0) is 68.9 Å². The molecule has 2 rings (SSSR count). The molecule has 2 aromatic rings. The lowest BCUT2D eigenvalue weighted by Crippen LogP contribution is -2.43. The molecule has 10 heteroatoms. The average Bonchev–Trinajstić information content (AvgIpc) is 2.58. The van der Waals surface area contributed by atoms with E-state index in [4.69, 9.17) is 32.7 Å². The molecular weight excluding hydrogens is 562 g/mol. The SMILES string of the molecule is COc1ccc(C(=O)NNC(=O)COc2c(Cl)cc(Cl)cc2Br)cc1I. The molecule has 0 aliphatic heterocycles. The first kappa shape index (κ1) is 21.1. The number of methoxy groups -OCH3 is 1. The number of amides is 2. The minimum Gasteiger partial charge on any atom is -0.496 e. The van der Waals surface area contributed by atoms with Crippen molar-refractivity contribution in [3.63, 3.8) is 0 Å².